The van der Waals surface area contributed by atoms with Crippen molar-refractivity contribution in [2.24, 2.45) is 0 Å². The van der Waals surface area contributed by atoms with Crippen molar-refractivity contribution in [1.29, 1.82) is 0 Å². The third-order valence-corrected chi connectivity index (χ3v) is 6.21. The van der Waals surface area contributed by atoms with E-state index in [1.165, 1.54) is 4.57 Å². The molecule has 34 heavy (non-hydrogen) atoms. The van der Waals surface area contributed by atoms with Crippen LogP contribution < -0.4 is 10.6 Å². The number of nitrogens with one attached hydrogen (secondary N) is 3. The first-order valence-electron chi connectivity index (χ1n) is 11.1. The maximum absolute atomic E-state index is 14.5. The Labute approximate surface area is 193 Å². The van der Waals surface area contributed by atoms with Gasteiger partial charge in [-0.2, -0.15) is 9.97 Å². The summed E-state index contributed by atoms with van der Waals surface area (Å²) < 4.78 is 42.1. The summed E-state index contributed by atoms with van der Waals surface area (Å²) >= 11 is 0. The van der Waals surface area contributed by atoms with E-state index < -0.39 is 19.1 Å². The molecular formula is C22H26F3N9. The lowest BCUT2D eigenvalue weighted by atomic mass is 10.0. The third-order valence-electron chi connectivity index (χ3n) is 6.21. The minimum atomic E-state index is -2.52. The minimum Gasteiger partial charge on any atom is -0.372 e. The molecule has 0 aromatic carbocycles. The molecule has 1 aliphatic heterocycles. The van der Waals surface area contributed by atoms with Gasteiger partial charge in [-0.05, 0) is 32.5 Å². The Hall–Kier alpha value is -3.41. The van der Waals surface area contributed by atoms with Gasteiger partial charge in [0.15, 0.2) is 5.65 Å². The summed E-state index contributed by atoms with van der Waals surface area (Å²) in [5, 5.41) is 6.93. The van der Waals surface area contributed by atoms with Gasteiger partial charge < -0.3 is 25.1 Å². The number of hydrogen-bond acceptors (Lipinski definition) is 7. The Bertz CT molecular complexity index is 1330. The van der Waals surface area contributed by atoms with Crippen LogP contribution >= 0.6 is 0 Å². The van der Waals surface area contributed by atoms with Crippen LogP contribution in [0, 0.1) is 6.92 Å². The number of alkyl halides is 3. The molecule has 4 aromatic rings. The topological polar surface area (TPSA) is 99.6 Å². The highest BCUT2D eigenvalue weighted by Gasteiger charge is 2.28. The summed E-state index contributed by atoms with van der Waals surface area (Å²) in [6, 6.07) is 3.19. The molecule has 2 atom stereocenters. The number of aromatic nitrogens is 6. The maximum atomic E-state index is 14.5. The molecule has 0 amide bonds. The number of rotatable bonds is 6. The number of aryl methyl sites for hydroxylation is 1. The van der Waals surface area contributed by atoms with E-state index in [0.717, 1.165) is 12.1 Å². The summed E-state index contributed by atoms with van der Waals surface area (Å²) in [6.07, 6.45) is -1.13. The van der Waals surface area contributed by atoms with Crippen molar-refractivity contribution in [1.82, 2.24) is 34.4 Å². The van der Waals surface area contributed by atoms with Crippen molar-refractivity contribution < 1.29 is 13.2 Å². The highest BCUT2D eigenvalue weighted by atomic mass is 19.3. The van der Waals surface area contributed by atoms with Gasteiger partial charge in [0.25, 0.3) is 6.43 Å². The highest BCUT2D eigenvalue weighted by molar-refractivity contribution is 6.01. The molecule has 0 spiro atoms. The Balaban J connectivity index is 1.53. The van der Waals surface area contributed by atoms with Crippen molar-refractivity contribution in [2.75, 3.05) is 37.8 Å². The summed E-state index contributed by atoms with van der Waals surface area (Å²) in [6.45, 7) is 2.37. The number of halogens is 3. The zero-order valence-electron chi connectivity index (χ0n) is 19.1. The van der Waals surface area contributed by atoms with Crippen LogP contribution in [0.25, 0.3) is 33.5 Å². The maximum Gasteiger partial charge on any atom is 0.256 e. The van der Waals surface area contributed by atoms with Crippen LogP contribution in [0.4, 0.5) is 24.9 Å². The molecule has 9 nitrogen and oxygen atoms in total. The van der Waals surface area contributed by atoms with Crippen LogP contribution in [0.2, 0.25) is 0 Å². The van der Waals surface area contributed by atoms with E-state index >= 15 is 0 Å². The Morgan fingerprint density at radius 3 is 2.76 bits per heavy atom. The number of nitrogens with zero attached hydrogens (tertiary/aromatic N) is 6. The number of likely N-dealkylation sites (tertiary alicyclic amines) is 1. The van der Waals surface area contributed by atoms with Crippen molar-refractivity contribution in [3.63, 3.8) is 0 Å². The number of pyridine rings is 1. The normalized spacial score (nSPS) is 19.4. The van der Waals surface area contributed by atoms with Crippen LogP contribution in [-0.2, 0) is 6.54 Å². The largest absolute Gasteiger partial charge is 0.372 e. The smallest absolute Gasteiger partial charge is 0.256 e. The van der Waals surface area contributed by atoms with Gasteiger partial charge in [0, 0.05) is 31.9 Å². The number of aromatic amines is 1. The van der Waals surface area contributed by atoms with Crippen molar-refractivity contribution >= 4 is 34.0 Å². The summed E-state index contributed by atoms with van der Waals surface area (Å²) in [4.78, 5) is 23.2. The first-order chi connectivity index (χ1) is 16.3. The van der Waals surface area contributed by atoms with Crippen LogP contribution in [-0.4, -0.2) is 80.2 Å². The summed E-state index contributed by atoms with van der Waals surface area (Å²) in [7, 11) is 3.64. The molecule has 1 saturated heterocycles. The van der Waals surface area contributed by atoms with E-state index in [4.69, 9.17) is 0 Å². The van der Waals surface area contributed by atoms with E-state index in [1.807, 2.05) is 11.9 Å². The van der Waals surface area contributed by atoms with E-state index in [9.17, 15) is 13.2 Å². The van der Waals surface area contributed by atoms with E-state index in [-0.39, 0.29) is 6.04 Å². The van der Waals surface area contributed by atoms with E-state index in [1.54, 1.807) is 32.3 Å². The lowest BCUT2D eigenvalue weighted by Gasteiger charge is -2.32. The standard InChI is InChI=1S/C22H26F3N9/c1-11-28-16-5-4-14(29-21(16)34(11)10-17(24)25)12-8-27-20-18(12)19(26-2)31-22(32-20)30-15-6-7-33(3)9-13(15)23/h4-5,8,13,15,17H,6-7,9-10H2,1-3H3,(H3,26,27,30,31,32)/t13-,15+/m0/s1. The van der Waals surface area contributed by atoms with Gasteiger partial charge in [0.1, 0.15) is 29.0 Å². The SMILES string of the molecule is CNc1nc(N[C@@H]2CCN(C)C[C@@H]2F)nc2[nH]cc(-c3ccc4nc(C)n(CC(F)F)c4n3)c12. The number of H-pyrrole nitrogens is 1. The Morgan fingerprint density at radius 1 is 1.21 bits per heavy atom. The number of piperidine rings is 1. The van der Waals surface area contributed by atoms with Crippen LogP contribution in [0.5, 0.6) is 0 Å². The summed E-state index contributed by atoms with van der Waals surface area (Å²) in [5.41, 5.74) is 2.80. The zero-order chi connectivity index (χ0) is 24.0. The molecule has 5 rings (SSSR count). The van der Waals surface area contributed by atoms with Gasteiger partial charge in [-0.3, -0.25) is 0 Å². The molecule has 180 valence electrons. The summed E-state index contributed by atoms with van der Waals surface area (Å²) in [5.74, 6) is 1.36. The van der Waals surface area contributed by atoms with Gasteiger partial charge in [-0.1, -0.05) is 0 Å². The quantitative estimate of drug-likeness (QED) is 0.395. The third kappa shape index (κ3) is 4.02. The van der Waals surface area contributed by atoms with Gasteiger partial charge >= 0.3 is 0 Å². The van der Waals surface area contributed by atoms with Crippen LogP contribution in [0.15, 0.2) is 18.3 Å². The van der Waals surface area contributed by atoms with Gasteiger partial charge in [-0.25, -0.2) is 23.1 Å². The fraction of sp³-hybridized carbons (Fsp3) is 0.455. The molecule has 0 bridgehead atoms. The Kier molecular flexibility index (Phi) is 5.76. The average Bonchev–Trinajstić information content (AvgIpc) is 3.35. The molecule has 1 fully saturated rings. The van der Waals surface area contributed by atoms with Crippen molar-refractivity contribution in [3.05, 3.63) is 24.2 Å². The average molecular weight is 474 g/mol. The fourth-order valence-corrected chi connectivity index (χ4v) is 4.49. The van der Waals surface area contributed by atoms with Gasteiger partial charge in [-0.15, -0.1) is 0 Å². The second kappa shape index (κ2) is 8.75. The number of imidazole rings is 1. The molecule has 0 aliphatic carbocycles. The minimum absolute atomic E-state index is 0.330. The first-order valence-corrected chi connectivity index (χ1v) is 11.1. The number of anilines is 2. The number of hydrogen-bond donors (Lipinski definition) is 3. The van der Waals surface area contributed by atoms with Gasteiger partial charge in [0.2, 0.25) is 5.95 Å². The van der Waals surface area contributed by atoms with E-state index in [0.29, 0.717) is 58.4 Å². The van der Waals surface area contributed by atoms with Crippen molar-refractivity contribution in [2.45, 2.75) is 38.5 Å². The van der Waals surface area contributed by atoms with Crippen LogP contribution in [0.3, 0.4) is 0 Å². The second-order valence-electron chi connectivity index (χ2n) is 8.59. The Morgan fingerprint density at radius 2 is 2.03 bits per heavy atom. The molecule has 12 heteroatoms. The first kappa shape index (κ1) is 22.4. The zero-order valence-corrected chi connectivity index (χ0v) is 19.1. The lowest BCUT2D eigenvalue weighted by molar-refractivity contribution is 0.127. The fourth-order valence-electron chi connectivity index (χ4n) is 4.49. The lowest BCUT2D eigenvalue weighted by Crippen LogP contribution is -2.46. The molecule has 0 saturated carbocycles. The molecule has 1 aliphatic rings. The highest BCUT2D eigenvalue weighted by Crippen LogP contribution is 2.33. The van der Waals surface area contributed by atoms with Gasteiger partial charge in [0.05, 0.1) is 23.7 Å². The number of fused-ring (bicyclic) bond motifs is 2. The molecule has 0 radical (unpaired) electrons. The molecule has 4 aromatic heterocycles. The van der Waals surface area contributed by atoms with Crippen LogP contribution in [0.1, 0.15) is 12.2 Å². The molecule has 5 heterocycles. The monoisotopic (exact) mass is 473 g/mol. The molecule has 0 unspecified atom stereocenters. The van der Waals surface area contributed by atoms with E-state index in [2.05, 4.69) is 35.6 Å². The molecular weight excluding hydrogens is 447 g/mol. The predicted molar refractivity (Wildman–Crippen MR) is 125 cm³/mol. The van der Waals surface area contributed by atoms with Crippen molar-refractivity contribution in [3.8, 4) is 11.3 Å². The predicted octanol–water partition coefficient (Wildman–Crippen LogP) is 3.44. The second-order valence-corrected chi connectivity index (χ2v) is 8.59. The molecule has 3 N–H and O–H groups in total.